The van der Waals surface area contributed by atoms with Gasteiger partial charge in [0, 0.05) is 16.5 Å². The number of benzene rings is 3. The largest absolute Gasteiger partial charge is 0.416 e. The van der Waals surface area contributed by atoms with E-state index in [0.29, 0.717) is 45.0 Å². The maximum Gasteiger partial charge on any atom is 0.416 e. The number of hydrogen-bond acceptors (Lipinski definition) is 4. The molecule has 4 rings (SSSR count). The van der Waals surface area contributed by atoms with Crippen molar-refractivity contribution in [1.82, 2.24) is 4.72 Å². The first-order valence-electron chi connectivity index (χ1n) is 10.3. The smallest absolute Gasteiger partial charge is 0.256 e. The van der Waals surface area contributed by atoms with E-state index in [-0.39, 0.29) is 17.6 Å². The summed E-state index contributed by atoms with van der Waals surface area (Å²) in [6.45, 7) is -0.263. The molecular weight excluding hydrogens is 581 g/mol. The fraction of sp³-hybridized carbons (Fsp3) is 0.174. The van der Waals surface area contributed by atoms with E-state index in [4.69, 9.17) is 46.4 Å². The van der Waals surface area contributed by atoms with Crippen LogP contribution in [0.4, 0.5) is 18.9 Å². The van der Waals surface area contributed by atoms with Gasteiger partial charge in [-0.15, -0.1) is 0 Å². The number of sulfonamides is 1. The number of rotatable bonds is 6. The maximum atomic E-state index is 13.1. The third-order valence-electron chi connectivity index (χ3n) is 5.40. The Morgan fingerprint density at radius 3 is 2.22 bits per heavy atom. The average molecular weight is 597 g/mol. The SMILES string of the molecule is O=S(=O)(NCC1=NN(c2ccc(Cl)cc2Cl)C(c2ccc(Cl)cc2)C1)c1cc(C(F)(F)F)ccc1Cl. The minimum atomic E-state index is -4.73. The molecule has 0 aromatic heterocycles. The van der Waals surface area contributed by atoms with E-state index >= 15 is 0 Å². The fourth-order valence-electron chi connectivity index (χ4n) is 3.65. The van der Waals surface area contributed by atoms with Gasteiger partial charge in [0.2, 0.25) is 10.0 Å². The summed E-state index contributed by atoms with van der Waals surface area (Å²) in [6, 6.07) is 13.7. The molecule has 0 radical (unpaired) electrons. The van der Waals surface area contributed by atoms with Gasteiger partial charge >= 0.3 is 6.18 Å². The van der Waals surface area contributed by atoms with Crippen molar-refractivity contribution in [2.24, 2.45) is 5.10 Å². The minimum Gasteiger partial charge on any atom is -0.256 e. The fourth-order valence-corrected chi connectivity index (χ4v) is 5.82. The molecule has 0 bridgehead atoms. The zero-order valence-corrected chi connectivity index (χ0v) is 21.9. The van der Waals surface area contributed by atoms with E-state index in [9.17, 15) is 21.6 Å². The third kappa shape index (κ3) is 5.93. The van der Waals surface area contributed by atoms with Crippen molar-refractivity contribution in [2.45, 2.75) is 23.5 Å². The topological polar surface area (TPSA) is 61.8 Å². The Hall–Kier alpha value is -2.01. The first kappa shape index (κ1) is 27.0. The van der Waals surface area contributed by atoms with E-state index < -0.39 is 26.7 Å². The van der Waals surface area contributed by atoms with Crippen molar-refractivity contribution in [3.8, 4) is 0 Å². The van der Waals surface area contributed by atoms with Gasteiger partial charge in [0.15, 0.2) is 0 Å². The molecule has 1 aliphatic rings. The van der Waals surface area contributed by atoms with E-state index in [1.54, 1.807) is 35.3 Å². The Morgan fingerprint density at radius 2 is 1.58 bits per heavy atom. The Balaban J connectivity index is 1.62. The Labute approximate surface area is 225 Å². The molecule has 1 heterocycles. The lowest BCUT2D eigenvalue weighted by Crippen LogP contribution is -2.29. The molecule has 1 unspecified atom stereocenters. The van der Waals surface area contributed by atoms with Crippen molar-refractivity contribution in [2.75, 3.05) is 11.6 Å². The zero-order chi connectivity index (χ0) is 26.3. The monoisotopic (exact) mass is 595 g/mol. The van der Waals surface area contributed by atoms with Crippen LogP contribution in [0.15, 0.2) is 70.7 Å². The molecule has 1 aliphatic heterocycles. The van der Waals surface area contributed by atoms with Gasteiger partial charge in [-0.2, -0.15) is 18.3 Å². The molecule has 190 valence electrons. The molecule has 5 nitrogen and oxygen atoms in total. The first-order chi connectivity index (χ1) is 16.8. The second-order valence-electron chi connectivity index (χ2n) is 7.85. The molecule has 0 saturated carbocycles. The molecule has 36 heavy (non-hydrogen) atoms. The van der Waals surface area contributed by atoms with Crippen LogP contribution in [-0.4, -0.2) is 20.7 Å². The summed E-state index contributed by atoms with van der Waals surface area (Å²) in [5, 5.41) is 7.17. The van der Waals surface area contributed by atoms with Gasteiger partial charge in [0.25, 0.3) is 0 Å². The molecule has 1 atom stereocenters. The highest BCUT2D eigenvalue weighted by atomic mass is 35.5. The van der Waals surface area contributed by atoms with Crippen LogP contribution in [0.2, 0.25) is 20.1 Å². The number of hydrazone groups is 1. The second-order valence-corrected chi connectivity index (χ2v) is 11.3. The summed E-state index contributed by atoms with van der Waals surface area (Å²) < 4.78 is 67.3. The van der Waals surface area contributed by atoms with Gasteiger partial charge in [-0.05, 0) is 54.1 Å². The summed E-state index contributed by atoms with van der Waals surface area (Å²) in [5.41, 5.74) is 0.678. The Bertz CT molecular complexity index is 1430. The third-order valence-corrected chi connectivity index (χ3v) is 8.07. The summed E-state index contributed by atoms with van der Waals surface area (Å²) in [6.07, 6.45) is -4.42. The maximum absolute atomic E-state index is 13.1. The normalized spacial score (nSPS) is 16.4. The molecule has 13 heteroatoms. The van der Waals surface area contributed by atoms with E-state index in [2.05, 4.69) is 9.82 Å². The molecule has 0 saturated heterocycles. The summed E-state index contributed by atoms with van der Waals surface area (Å²) in [4.78, 5) is -0.676. The van der Waals surface area contributed by atoms with Crippen molar-refractivity contribution in [1.29, 1.82) is 0 Å². The lowest BCUT2D eigenvalue weighted by Gasteiger charge is -2.25. The predicted octanol–water partition coefficient (Wildman–Crippen LogP) is 7.60. The Morgan fingerprint density at radius 1 is 0.917 bits per heavy atom. The number of alkyl halides is 3. The number of nitrogens with zero attached hydrogens (tertiary/aromatic N) is 2. The number of nitrogens with one attached hydrogen (secondary N) is 1. The molecule has 0 aliphatic carbocycles. The van der Waals surface area contributed by atoms with E-state index in [0.717, 1.165) is 11.6 Å². The molecule has 3 aromatic rings. The first-order valence-corrected chi connectivity index (χ1v) is 13.3. The quantitative estimate of drug-likeness (QED) is 0.319. The summed E-state index contributed by atoms with van der Waals surface area (Å²) in [7, 11) is -4.39. The van der Waals surface area contributed by atoms with Crippen LogP contribution < -0.4 is 9.73 Å². The standard InChI is InChI=1S/C23H16Cl4F3N3O2S/c24-15-4-1-13(2-5-15)21-11-17(32-33(21)20-8-6-16(25)10-19(20)27)12-31-36(34,35)22-9-14(23(28,29)30)3-7-18(22)26/h1-10,21,31H,11-12H2. The predicted molar refractivity (Wildman–Crippen MR) is 137 cm³/mol. The molecule has 0 fully saturated rings. The van der Waals surface area contributed by atoms with Crippen LogP contribution in [0.3, 0.4) is 0 Å². The summed E-state index contributed by atoms with van der Waals surface area (Å²) >= 11 is 24.4. The van der Waals surface area contributed by atoms with Crippen LogP contribution in [0.1, 0.15) is 23.6 Å². The van der Waals surface area contributed by atoms with Crippen LogP contribution in [0.25, 0.3) is 0 Å². The van der Waals surface area contributed by atoms with Crippen molar-refractivity contribution < 1.29 is 21.6 Å². The van der Waals surface area contributed by atoms with Crippen molar-refractivity contribution in [3.63, 3.8) is 0 Å². The highest BCUT2D eigenvalue weighted by Crippen LogP contribution is 2.40. The zero-order valence-electron chi connectivity index (χ0n) is 18.0. The average Bonchev–Trinajstić information content (AvgIpc) is 3.21. The van der Waals surface area contributed by atoms with Gasteiger partial charge < -0.3 is 0 Å². The number of hydrogen-bond donors (Lipinski definition) is 1. The molecule has 3 aromatic carbocycles. The summed E-state index contributed by atoms with van der Waals surface area (Å²) in [5.74, 6) is 0. The minimum absolute atomic E-state index is 0.263. The van der Waals surface area contributed by atoms with Crippen molar-refractivity contribution >= 4 is 67.8 Å². The van der Waals surface area contributed by atoms with Gasteiger partial charge in [0.05, 0.1) is 39.6 Å². The molecular formula is C23H16Cl4F3N3O2S. The highest BCUT2D eigenvalue weighted by molar-refractivity contribution is 7.89. The van der Waals surface area contributed by atoms with Crippen LogP contribution in [0.5, 0.6) is 0 Å². The van der Waals surface area contributed by atoms with Gasteiger partial charge in [-0.1, -0.05) is 58.5 Å². The molecule has 0 amide bonds. The number of halogens is 7. The van der Waals surface area contributed by atoms with E-state index in [1.807, 2.05) is 12.1 Å². The lowest BCUT2D eigenvalue weighted by molar-refractivity contribution is -0.137. The van der Waals surface area contributed by atoms with Crippen LogP contribution in [-0.2, 0) is 16.2 Å². The molecule has 0 spiro atoms. The van der Waals surface area contributed by atoms with Gasteiger partial charge in [-0.3, -0.25) is 5.01 Å². The molecule has 1 N–H and O–H groups in total. The van der Waals surface area contributed by atoms with Crippen molar-refractivity contribution in [3.05, 3.63) is 91.9 Å². The van der Waals surface area contributed by atoms with Crippen LogP contribution in [0, 0.1) is 0 Å². The van der Waals surface area contributed by atoms with Gasteiger partial charge in [0.1, 0.15) is 4.90 Å². The lowest BCUT2D eigenvalue weighted by atomic mass is 10.0. The Kier molecular flexibility index (Phi) is 7.81. The van der Waals surface area contributed by atoms with Crippen LogP contribution >= 0.6 is 46.4 Å². The number of anilines is 1. The second kappa shape index (κ2) is 10.4. The van der Waals surface area contributed by atoms with E-state index in [1.165, 1.54) is 0 Å². The van der Waals surface area contributed by atoms with Gasteiger partial charge in [-0.25, -0.2) is 13.1 Å². The highest BCUT2D eigenvalue weighted by Gasteiger charge is 2.34.